The Labute approximate surface area is 198 Å². The number of carboxylic acids is 1. The fourth-order valence-electron chi connectivity index (χ4n) is 3.39. The minimum atomic E-state index is -0.980. The highest BCUT2D eigenvalue weighted by Gasteiger charge is 2.26. The summed E-state index contributed by atoms with van der Waals surface area (Å²) in [6.45, 7) is 0. The van der Waals surface area contributed by atoms with E-state index in [0.29, 0.717) is 27.5 Å². The van der Waals surface area contributed by atoms with Crippen LogP contribution in [0.15, 0.2) is 78.0 Å². The molecule has 9 heteroatoms. The highest BCUT2D eigenvalue weighted by Crippen LogP contribution is 2.39. The predicted octanol–water partition coefficient (Wildman–Crippen LogP) is 5.69. The third-order valence-electron chi connectivity index (χ3n) is 5.08. The minimum absolute atomic E-state index is 0.207. The SMILES string of the molecule is O=C(O)c1ccc([C@@H]2Nc3ccccc3-c3nnc(SCc4ccc(Cl)cc4)nc3O2)cc1. The van der Waals surface area contributed by atoms with Crippen molar-refractivity contribution in [1.29, 1.82) is 0 Å². The van der Waals surface area contributed by atoms with Crippen molar-refractivity contribution in [2.45, 2.75) is 17.1 Å². The van der Waals surface area contributed by atoms with Gasteiger partial charge in [0.15, 0.2) is 11.9 Å². The Morgan fingerprint density at radius 3 is 2.55 bits per heavy atom. The lowest BCUT2D eigenvalue weighted by Gasteiger charge is -2.19. The second-order valence-corrected chi connectivity index (χ2v) is 8.66. The topological polar surface area (TPSA) is 97.2 Å². The number of anilines is 1. The van der Waals surface area contributed by atoms with Crippen LogP contribution in [0.3, 0.4) is 0 Å². The molecular weight excluding hydrogens is 460 g/mol. The number of nitrogens with one attached hydrogen (secondary N) is 1. The van der Waals surface area contributed by atoms with Crippen molar-refractivity contribution < 1.29 is 14.6 Å². The summed E-state index contributed by atoms with van der Waals surface area (Å²) in [7, 11) is 0. The molecule has 1 aromatic heterocycles. The quantitative estimate of drug-likeness (QED) is 0.355. The molecule has 0 aliphatic carbocycles. The van der Waals surface area contributed by atoms with Crippen LogP contribution in [0.4, 0.5) is 5.69 Å². The van der Waals surface area contributed by atoms with Gasteiger partial charge < -0.3 is 15.2 Å². The van der Waals surface area contributed by atoms with Gasteiger partial charge in [0.25, 0.3) is 0 Å². The first kappa shape index (κ1) is 21.2. The van der Waals surface area contributed by atoms with Crippen LogP contribution in [0.5, 0.6) is 5.88 Å². The van der Waals surface area contributed by atoms with Crippen molar-refractivity contribution in [2.24, 2.45) is 0 Å². The molecular formula is C24H17ClN4O3S. The molecule has 1 atom stereocenters. The molecule has 4 aromatic rings. The fraction of sp³-hybridized carbons (Fsp3) is 0.0833. The molecule has 0 radical (unpaired) electrons. The minimum Gasteiger partial charge on any atom is -0.478 e. The van der Waals surface area contributed by atoms with E-state index in [1.165, 1.54) is 11.8 Å². The molecule has 1 aliphatic heterocycles. The molecule has 0 fully saturated rings. The zero-order valence-electron chi connectivity index (χ0n) is 17.1. The van der Waals surface area contributed by atoms with E-state index in [2.05, 4.69) is 20.5 Å². The summed E-state index contributed by atoms with van der Waals surface area (Å²) >= 11 is 7.41. The van der Waals surface area contributed by atoms with E-state index >= 15 is 0 Å². The number of ether oxygens (including phenoxy) is 1. The Morgan fingerprint density at radius 1 is 1.03 bits per heavy atom. The Kier molecular flexibility index (Phi) is 5.85. The molecule has 33 heavy (non-hydrogen) atoms. The van der Waals surface area contributed by atoms with Gasteiger partial charge in [0.2, 0.25) is 11.0 Å². The third-order valence-corrected chi connectivity index (χ3v) is 6.24. The number of aromatic carboxylic acids is 1. The van der Waals surface area contributed by atoms with Gasteiger partial charge in [-0.1, -0.05) is 65.8 Å². The molecule has 164 valence electrons. The summed E-state index contributed by atoms with van der Waals surface area (Å²) in [4.78, 5) is 15.8. The lowest BCUT2D eigenvalue weighted by molar-refractivity contribution is 0.0696. The first-order valence-electron chi connectivity index (χ1n) is 10.0. The van der Waals surface area contributed by atoms with Gasteiger partial charge in [0.05, 0.1) is 5.56 Å². The number of rotatable bonds is 5. The molecule has 5 rings (SSSR count). The summed E-state index contributed by atoms with van der Waals surface area (Å²) in [5.41, 5.74) is 4.24. The second kappa shape index (κ2) is 9.09. The predicted molar refractivity (Wildman–Crippen MR) is 127 cm³/mol. The van der Waals surface area contributed by atoms with Gasteiger partial charge in [-0.05, 0) is 35.9 Å². The van der Waals surface area contributed by atoms with Crippen LogP contribution in [0.25, 0.3) is 11.3 Å². The number of carboxylic acid groups (broad SMARTS) is 1. The standard InChI is InChI=1S/C24H17ClN4O3S/c25-17-11-5-14(6-12-17)13-33-24-27-22-20(28-29-24)18-3-1-2-4-19(18)26-21(32-22)15-7-9-16(10-8-15)23(30)31/h1-12,21,26H,13H2,(H,30,31)/t21-/m1/s1. The lowest BCUT2D eigenvalue weighted by Crippen LogP contribution is -2.17. The largest absolute Gasteiger partial charge is 0.478 e. The maximum absolute atomic E-state index is 11.2. The number of carbonyl (C=O) groups is 1. The fourth-order valence-corrected chi connectivity index (χ4v) is 4.25. The number of hydrogen-bond acceptors (Lipinski definition) is 7. The van der Waals surface area contributed by atoms with Crippen LogP contribution >= 0.6 is 23.4 Å². The monoisotopic (exact) mass is 476 g/mol. The Bertz CT molecular complexity index is 1320. The Hall–Kier alpha value is -3.62. The number of aromatic nitrogens is 3. The van der Waals surface area contributed by atoms with Crippen molar-refractivity contribution >= 4 is 35.0 Å². The van der Waals surface area contributed by atoms with Gasteiger partial charge in [0, 0.05) is 27.6 Å². The summed E-state index contributed by atoms with van der Waals surface area (Å²) in [5, 5.41) is 22.4. The van der Waals surface area contributed by atoms with Gasteiger partial charge in [-0.3, -0.25) is 0 Å². The zero-order valence-corrected chi connectivity index (χ0v) is 18.7. The van der Waals surface area contributed by atoms with E-state index in [1.807, 2.05) is 48.5 Å². The molecule has 7 nitrogen and oxygen atoms in total. The van der Waals surface area contributed by atoms with E-state index in [9.17, 15) is 9.90 Å². The van der Waals surface area contributed by atoms with Gasteiger partial charge in [-0.25, -0.2) is 4.79 Å². The Morgan fingerprint density at radius 2 is 1.79 bits per heavy atom. The summed E-state index contributed by atoms with van der Waals surface area (Å²) < 4.78 is 6.23. The number of hydrogen-bond donors (Lipinski definition) is 2. The summed E-state index contributed by atoms with van der Waals surface area (Å²) in [5.74, 6) is 0.0340. The van der Waals surface area contributed by atoms with Gasteiger partial charge in [0.1, 0.15) is 0 Å². The lowest BCUT2D eigenvalue weighted by atomic mass is 10.1. The van der Waals surface area contributed by atoms with Crippen LogP contribution in [0.1, 0.15) is 27.7 Å². The first-order chi connectivity index (χ1) is 16.1. The summed E-state index contributed by atoms with van der Waals surface area (Å²) in [6, 6.07) is 21.8. The highest BCUT2D eigenvalue weighted by molar-refractivity contribution is 7.98. The van der Waals surface area contributed by atoms with Crippen LogP contribution in [-0.2, 0) is 5.75 Å². The maximum atomic E-state index is 11.2. The van der Waals surface area contributed by atoms with E-state index in [4.69, 9.17) is 16.3 Å². The molecule has 3 aromatic carbocycles. The molecule has 0 saturated carbocycles. The van der Waals surface area contributed by atoms with Gasteiger partial charge in [-0.2, -0.15) is 4.98 Å². The van der Waals surface area contributed by atoms with Crippen LogP contribution in [0.2, 0.25) is 5.02 Å². The molecule has 0 amide bonds. The average Bonchev–Trinajstić information content (AvgIpc) is 3.00. The van der Waals surface area contributed by atoms with Gasteiger partial charge >= 0.3 is 5.97 Å². The van der Waals surface area contributed by atoms with Crippen molar-refractivity contribution in [3.63, 3.8) is 0 Å². The molecule has 0 bridgehead atoms. The maximum Gasteiger partial charge on any atom is 0.335 e. The molecule has 2 N–H and O–H groups in total. The normalized spacial score (nSPS) is 14.3. The number of nitrogens with zero attached hydrogens (tertiary/aromatic N) is 3. The van der Waals surface area contributed by atoms with E-state index in [-0.39, 0.29) is 5.56 Å². The van der Waals surface area contributed by atoms with Crippen molar-refractivity contribution in [3.05, 3.63) is 94.5 Å². The molecule has 1 aliphatic rings. The number of fused-ring (bicyclic) bond motifs is 3. The van der Waals surface area contributed by atoms with Crippen LogP contribution in [-0.4, -0.2) is 26.3 Å². The first-order valence-corrected chi connectivity index (χ1v) is 11.4. The van der Waals surface area contributed by atoms with Crippen molar-refractivity contribution in [3.8, 4) is 17.1 Å². The van der Waals surface area contributed by atoms with E-state index < -0.39 is 12.2 Å². The van der Waals surface area contributed by atoms with Crippen molar-refractivity contribution in [1.82, 2.24) is 15.2 Å². The van der Waals surface area contributed by atoms with Crippen LogP contribution < -0.4 is 10.1 Å². The number of para-hydroxylation sites is 1. The zero-order chi connectivity index (χ0) is 22.8. The number of thioether (sulfide) groups is 1. The highest BCUT2D eigenvalue weighted by atomic mass is 35.5. The molecule has 0 spiro atoms. The number of benzene rings is 3. The molecule has 0 unspecified atom stereocenters. The van der Waals surface area contributed by atoms with Crippen LogP contribution in [0, 0.1) is 0 Å². The van der Waals surface area contributed by atoms with Gasteiger partial charge in [-0.15, -0.1) is 10.2 Å². The summed E-state index contributed by atoms with van der Waals surface area (Å²) in [6.07, 6.45) is -0.582. The third kappa shape index (κ3) is 4.62. The molecule has 0 saturated heterocycles. The molecule has 2 heterocycles. The van der Waals surface area contributed by atoms with Crippen molar-refractivity contribution in [2.75, 3.05) is 5.32 Å². The Balaban J connectivity index is 1.46. The van der Waals surface area contributed by atoms with E-state index in [0.717, 1.165) is 22.4 Å². The smallest absolute Gasteiger partial charge is 0.335 e. The second-order valence-electron chi connectivity index (χ2n) is 7.28. The number of halogens is 1. The average molecular weight is 477 g/mol. The van der Waals surface area contributed by atoms with E-state index in [1.54, 1.807) is 24.3 Å².